The van der Waals surface area contributed by atoms with Crippen LogP contribution in [0.1, 0.15) is 108 Å². The summed E-state index contributed by atoms with van der Waals surface area (Å²) in [4.78, 5) is 72.1. The quantitative estimate of drug-likeness (QED) is 0.144. The zero-order valence-corrected chi connectivity index (χ0v) is 34.3. The maximum Gasteiger partial charge on any atom is 0.264 e. The summed E-state index contributed by atoms with van der Waals surface area (Å²) in [7, 11) is 1.59. The van der Waals surface area contributed by atoms with Crippen LogP contribution < -0.4 is 20.7 Å². The number of anilines is 2. The molecule has 3 N–H and O–H groups in total. The van der Waals surface area contributed by atoms with Gasteiger partial charge in [-0.25, -0.2) is 9.50 Å². The van der Waals surface area contributed by atoms with E-state index in [1.807, 2.05) is 18.2 Å². The second-order valence-electron chi connectivity index (χ2n) is 17.8. The zero-order valence-electron chi connectivity index (χ0n) is 34.3. The Bertz CT molecular complexity index is 2560. The van der Waals surface area contributed by atoms with E-state index in [4.69, 9.17) is 9.84 Å². The molecule has 1 unspecified atom stereocenters. The number of carbonyl (C=O) groups is 5. The van der Waals surface area contributed by atoms with Gasteiger partial charge in [0.25, 0.3) is 17.7 Å². The molecule has 3 aromatic heterocycles. The Balaban J connectivity index is 0.670. The fraction of sp³-hybridized carbons (Fsp3) is 0.467. The summed E-state index contributed by atoms with van der Waals surface area (Å²) in [6.07, 6.45) is 17.7. The Kier molecular flexibility index (Phi) is 10.0. The maximum atomic E-state index is 13.5. The largest absolute Gasteiger partial charge is 0.494 e. The molecule has 3 aliphatic heterocycles. The third-order valence-electron chi connectivity index (χ3n) is 14.0. The van der Waals surface area contributed by atoms with Crippen molar-refractivity contribution < 1.29 is 28.7 Å². The van der Waals surface area contributed by atoms with Crippen LogP contribution in [-0.4, -0.2) is 103 Å². The second-order valence-corrected chi connectivity index (χ2v) is 17.8. The minimum absolute atomic E-state index is 0.0967. The summed E-state index contributed by atoms with van der Waals surface area (Å²) in [5.74, 6) is -0.393. The van der Waals surface area contributed by atoms with E-state index in [1.165, 1.54) is 44.7 Å². The number of aromatic nitrogens is 5. The van der Waals surface area contributed by atoms with Crippen molar-refractivity contribution in [1.82, 2.24) is 39.5 Å². The SMILES string of the molecule is COc1cc2nn([C@H]3CC[C@H](CN4CCC5(CC4)CC(CCNc4cccc6c4C(=O)N(C4CCC(=O)NC4=O)C6=O)C5)CC3)cc2cc1NC(=O)c1cnn2cccnc12. The van der Waals surface area contributed by atoms with Gasteiger partial charge in [-0.2, -0.15) is 10.2 Å². The Morgan fingerprint density at radius 1 is 0.967 bits per heavy atom. The van der Waals surface area contributed by atoms with E-state index in [-0.39, 0.29) is 24.7 Å². The number of amides is 5. The molecule has 0 bridgehead atoms. The van der Waals surface area contributed by atoms with Gasteiger partial charge in [-0.05, 0) is 119 Å². The number of benzene rings is 2. The summed E-state index contributed by atoms with van der Waals surface area (Å²) in [6, 6.07) is 10.2. The Labute approximate surface area is 352 Å². The van der Waals surface area contributed by atoms with E-state index < -0.39 is 23.8 Å². The summed E-state index contributed by atoms with van der Waals surface area (Å²) >= 11 is 0. The smallest absolute Gasteiger partial charge is 0.264 e. The van der Waals surface area contributed by atoms with Crippen molar-refractivity contribution in [2.45, 2.75) is 82.7 Å². The van der Waals surface area contributed by atoms with Crippen molar-refractivity contribution in [3.63, 3.8) is 0 Å². The van der Waals surface area contributed by atoms with E-state index in [0.29, 0.717) is 69.3 Å². The molecule has 61 heavy (non-hydrogen) atoms. The van der Waals surface area contributed by atoms with Crippen molar-refractivity contribution in [3.05, 3.63) is 77.9 Å². The van der Waals surface area contributed by atoms with Gasteiger partial charge in [0.15, 0.2) is 5.65 Å². The summed E-state index contributed by atoms with van der Waals surface area (Å²) in [5, 5.41) is 18.8. The molecule has 316 valence electrons. The molecule has 16 nitrogen and oxygen atoms in total. The van der Waals surface area contributed by atoms with Crippen molar-refractivity contribution in [2.75, 3.05) is 43.9 Å². The summed E-state index contributed by atoms with van der Waals surface area (Å²) in [5.41, 5.74) is 3.96. The van der Waals surface area contributed by atoms with Crippen LogP contribution in [0.5, 0.6) is 5.75 Å². The van der Waals surface area contributed by atoms with Crippen molar-refractivity contribution in [2.24, 2.45) is 17.3 Å². The van der Waals surface area contributed by atoms with E-state index in [1.54, 1.807) is 42.2 Å². The normalized spacial score (nSPS) is 23.0. The number of piperidine rings is 2. The first-order chi connectivity index (χ1) is 29.6. The lowest BCUT2D eigenvalue weighted by Gasteiger charge is -2.53. The number of methoxy groups -OCH3 is 1. The Hall–Kier alpha value is -6.16. The van der Waals surface area contributed by atoms with Crippen molar-refractivity contribution in [1.29, 1.82) is 0 Å². The van der Waals surface area contributed by atoms with Gasteiger partial charge in [-0.3, -0.25) is 38.9 Å². The number of carbonyl (C=O) groups excluding carboxylic acids is 5. The number of ether oxygens (including phenoxy) is 1. The highest BCUT2D eigenvalue weighted by molar-refractivity contribution is 6.25. The third kappa shape index (κ3) is 7.29. The van der Waals surface area contributed by atoms with Gasteiger partial charge in [0.2, 0.25) is 11.8 Å². The number of hydrogen-bond donors (Lipinski definition) is 3. The van der Waals surface area contributed by atoms with E-state index >= 15 is 0 Å². The second kappa shape index (κ2) is 15.7. The van der Waals surface area contributed by atoms with Crippen molar-refractivity contribution in [3.8, 4) is 5.75 Å². The van der Waals surface area contributed by atoms with Gasteiger partial charge in [0.05, 0.1) is 41.7 Å². The standard InChI is InChI=1S/C45H50N10O6/c1-61-37-21-34-29(20-35(37)49-41(57)32-24-48-53-17-3-15-47-40(32)53)26-54(51-34)30-8-6-27(7-9-30)25-52-18-13-45(14-19-52)22-28(23-45)12-16-46-33-5-2-4-31-39(33)44(60)55(43(31)59)36-10-11-38(56)50-42(36)58/h2-5,15,17,20-21,24,26-28,30,36,46H,6-14,16,18-19,22-23,25H2,1H3,(H,49,57)(H,50,56,58)/t27-,30-,36?. The van der Waals surface area contributed by atoms with Gasteiger partial charge in [-0.1, -0.05) is 6.07 Å². The van der Waals surface area contributed by atoms with E-state index in [0.717, 1.165) is 54.7 Å². The Morgan fingerprint density at radius 3 is 2.57 bits per heavy atom. The summed E-state index contributed by atoms with van der Waals surface area (Å²) in [6.45, 7) is 4.17. The molecule has 1 atom stereocenters. The fourth-order valence-electron chi connectivity index (χ4n) is 10.7. The van der Waals surface area contributed by atoms with Crippen LogP contribution in [0.4, 0.5) is 11.4 Å². The molecule has 5 amide bonds. The maximum absolute atomic E-state index is 13.5. The third-order valence-corrected chi connectivity index (χ3v) is 14.0. The average molecular weight is 827 g/mol. The number of likely N-dealkylation sites (tertiary alicyclic amines) is 1. The van der Waals surface area contributed by atoms with Crippen LogP contribution in [0.25, 0.3) is 16.6 Å². The lowest BCUT2D eigenvalue weighted by molar-refractivity contribution is -0.136. The molecule has 2 saturated heterocycles. The van der Waals surface area contributed by atoms with Crippen LogP contribution in [0.3, 0.4) is 0 Å². The first-order valence-corrected chi connectivity index (χ1v) is 21.6. The molecule has 16 heteroatoms. The van der Waals surface area contributed by atoms with Gasteiger partial charge >= 0.3 is 0 Å². The molecular weight excluding hydrogens is 777 g/mol. The first-order valence-electron chi connectivity index (χ1n) is 21.6. The topological polar surface area (TPSA) is 185 Å². The lowest BCUT2D eigenvalue weighted by atomic mass is 9.57. The minimum Gasteiger partial charge on any atom is -0.494 e. The number of rotatable bonds is 11. The number of imide groups is 2. The minimum atomic E-state index is -0.972. The highest BCUT2D eigenvalue weighted by Gasteiger charge is 2.47. The predicted octanol–water partition coefficient (Wildman–Crippen LogP) is 5.47. The highest BCUT2D eigenvalue weighted by Crippen LogP contribution is 2.54. The molecular formula is C45H50N10O6. The molecule has 2 aliphatic carbocycles. The number of fused-ring (bicyclic) bond motifs is 3. The molecule has 2 saturated carbocycles. The molecule has 4 fully saturated rings. The molecule has 0 radical (unpaired) electrons. The van der Waals surface area contributed by atoms with Crippen molar-refractivity contribution >= 4 is 57.5 Å². The average Bonchev–Trinajstić information content (AvgIpc) is 3.95. The fourth-order valence-corrected chi connectivity index (χ4v) is 10.7. The van der Waals surface area contributed by atoms with Gasteiger partial charge in [0, 0.05) is 55.2 Å². The first kappa shape index (κ1) is 39.0. The van der Waals surface area contributed by atoms with Crippen LogP contribution in [0.2, 0.25) is 0 Å². The monoisotopic (exact) mass is 826 g/mol. The van der Waals surface area contributed by atoms with Crippen LogP contribution in [0.15, 0.2) is 61.2 Å². The predicted molar refractivity (Wildman–Crippen MR) is 225 cm³/mol. The zero-order chi connectivity index (χ0) is 41.8. The number of nitrogens with zero attached hydrogens (tertiary/aromatic N) is 7. The van der Waals surface area contributed by atoms with Gasteiger partial charge in [0.1, 0.15) is 17.4 Å². The number of hydrogen-bond acceptors (Lipinski definition) is 11. The molecule has 5 aromatic rings. The molecule has 2 aromatic carbocycles. The Morgan fingerprint density at radius 2 is 1.79 bits per heavy atom. The number of nitrogens with one attached hydrogen (secondary N) is 3. The van der Waals surface area contributed by atoms with Crippen LogP contribution >= 0.6 is 0 Å². The molecule has 6 heterocycles. The molecule has 1 spiro atoms. The van der Waals surface area contributed by atoms with E-state index in [9.17, 15) is 24.0 Å². The van der Waals surface area contributed by atoms with Gasteiger partial charge < -0.3 is 20.3 Å². The highest BCUT2D eigenvalue weighted by atomic mass is 16.5. The molecule has 10 rings (SSSR count). The van der Waals surface area contributed by atoms with Crippen LogP contribution in [-0.2, 0) is 9.59 Å². The van der Waals surface area contributed by atoms with Crippen LogP contribution in [0, 0.1) is 17.3 Å². The molecule has 5 aliphatic rings. The van der Waals surface area contributed by atoms with E-state index in [2.05, 4.69) is 41.8 Å². The van der Waals surface area contributed by atoms with Gasteiger partial charge in [-0.15, -0.1) is 0 Å². The lowest BCUT2D eigenvalue weighted by Crippen LogP contribution is -2.54. The summed E-state index contributed by atoms with van der Waals surface area (Å²) < 4.78 is 9.34.